The minimum atomic E-state index is -5.08. The number of carbonyl (C=O) groups excluding carboxylic acids is 1. The number of carboxylic acid groups (broad SMARTS) is 1. The molecule has 2 aliphatic rings. The van der Waals surface area contributed by atoms with Gasteiger partial charge in [-0.2, -0.15) is 13.2 Å². The lowest BCUT2D eigenvalue weighted by molar-refractivity contribution is -0.192. The van der Waals surface area contributed by atoms with Crippen molar-refractivity contribution in [1.29, 1.82) is 0 Å². The zero-order chi connectivity index (χ0) is 22.4. The molecule has 1 aromatic heterocycles. The molecular weight excluding hydrogens is 423 g/mol. The van der Waals surface area contributed by atoms with Gasteiger partial charge in [-0.25, -0.2) is 9.78 Å². The number of ether oxygens (including phenoxy) is 1. The van der Waals surface area contributed by atoms with Gasteiger partial charge in [0.1, 0.15) is 11.1 Å². The average Bonchev–Trinajstić information content (AvgIpc) is 3.17. The summed E-state index contributed by atoms with van der Waals surface area (Å²) >= 11 is 1.73. The monoisotopic (exact) mass is 451 g/mol. The summed E-state index contributed by atoms with van der Waals surface area (Å²) in [6, 6.07) is 0.177. The molecule has 2 aliphatic heterocycles. The predicted octanol–water partition coefficient (Wildman–Crippen LogP) is 3.06. The first-order valence-electron chi connectivity index (χ1n) is 9.83. The van der Waals surface area contributed by atoms with Crippen molar-refractivity contribution in [2.24, 2.45) is 5.41 Å². The first-order valence-corrected chi connectivity index (χ1v) is 10.7. The Kier molecular flexibility index (Phi) is 8.62. The molecule has 1 atom stereocenters. The number of alkyl halides is 3. The Labute approximate surface area is 177 Å². The third-order valence-corrected chi connectivity index (χ3v) is 6.02. The predicted molar refractivity (Wildman–Crippen MR) is 105 cm³/mol. The van der Waals surface area contributed by atoms with Crippen LogP contribution in [-0.2, 0) is 20.9 Å². The molecule has 1 aromatic rings. The Hall–Kier alpha value is -1.72. The van der Waals surface area contributed by atoms with Crippen LogP contribution in [0.25, 0.3) is 0 Å². The molecule has 7 nitrogen and oxygen atoms in total. The second-order valence-corrected chi connectivity index (χ2v) is 8.99. The van der Waals surface area contributed by atoms with Crippen LogP contribution in [0.1, 0.15) is 44.5 Å². The van der Waals surface area contributed by atoms with Gasteiger partial charge < -0.3 is 15.2 Å². The second kappa shape index (κ2) is 10.5. The smallest absolute Gasteiger partial charge is 0.475 e. The van der Waals surface area contributed by atoms with Crippen LogP contribution in [0.2, 0.25) is 0 Å². The van der Waals surface area contributed by atoms with E-state index in [0.29, 0.717) is 0 Å². The van der Waals surface area contributed by atoms with Gasteiger partial charge in [0.25, 0.3) is 0 Å². The maximum absolute atomic E-state index is 12.1. The number of hydrogen-bond acceptors (Lipinski definition) is 6. The van der Waals surface area contributed by atoms with E-state index in [4.69, 9.17) is 14.6 Å². The summed E-state index contributed by atoms with van der Waals surface area (Å²) in [5.41, 5.74) is 0.286. The molecule has 170 valence electrons. The highest BCUT2D eigenvalue weighted by molar-refractivity contribution is 7.09. The first kappa shape index (κ1) is 24.5. The fourth-order valence-corrected chi connectivity index (χ4v) is 4.21. The topological polar surface area (TPSA) is 91.8 Å². The number of carboxylic acids is 1. The number of hydrogen-bond donors (Lipinski definition) is 2. The zero-order valence-electron chi connectivity index (χ0n) is 17.1. The quantitative estimate of drug-likeness (QED) is 0.731. The van der Waals surface area contributed by atoms with E-state index in [-0.39, 0.29) is 23.5 Å². The van der Waals surface area contributed by atoms with Gasteiger partial charge in [-0.15, -0.1) is 11.3 Å². The normalized spacial score (nSPS) is 21.7. The standard InChI is InChI=1S/C17H27N3O2S.C2HF3O2/c1-13(2)19-16(21)14-3-4-17(12-22-14)5-8-20(9-6-17)11-15-18-7-10-23-15;3-2(4,5)1(6)7/h7,10,13-14H,3-6,8-9,11-12H2,1-2H3,(H,19,21);(H,6,7). The SMILES string of the molecule is CC(C)NC(=O)C1CCC2(CCN(Cc3nccs3)CC2)CO1.O=C(O)C(F)(F)F. The molecule has 3 rings (SSSR count). The average molecular weight is 452 g/mol. The van der Waals surface area contributed by atoms with Crippen molar-refractivity contribution in [3.8, 4) is 0 Å². The number of aromatic nitrogens is 1. The maximum atomic E-state index is 12.1. The summed E-state index contributed by atoms with van der Waals surface area (Å²) in [5.74, 6) is -2.71. The van der Waals surface area contributed by atoms with Crippen molar-refractivity contribution >= 4 is 23.2 Å². The maximum Gasteiger partial charge on any atom is 0.490 e. The third kappa shape index (κ3) is 7.51. The Bertz CT molecular complexity index is 680. The number of carbonyl (C=O) groups is 2. The number of nitrogens with one attached hydrogen (secondary N) is 1. The molecule has 2 saturated heterocycles. The van der Waals surface area contributed by atoms with Gasteiger partial charge in [0, 0.05) is 17.6 Å². The van der Waals surface area contributed by atoms with Gasteiger partial charge in [-0.1, -0.05) is 0 Å². The number of amides is 1. The summed E-state index contributed by atoms with van der Waals surface area (Å²) in [6.07, 6.45) is 0.826. The fraction of sp³-hybridized carbons (Fsp3) is 0.737. The van der Waals surface area contributed by atoms with E-state index in [1.165, 1.54) is 5.01 Å². The van der Waals surface area contributed by atoms with Crippen molar-refractivity contribution in [2.45, 2.75) is 64.4 Å². The largest absolute Gasteiger partial charge is 0.490 e. The number of halogens is 3. The lowest BCUT2D eigenvalue weighted by Crippen LogP contribution is -2.49. The van der Waals surface area contributed by atoms with Crippen LogP contribution in [0.4, 0.5) is 13.2 Å². The van der Waals surface area contributed by atoms with E-state index >= 15 is 0 Å². The summed E-state index contributed by atoms with van der Waals surface area (Å²) in [5, 5.41) is 13.3. The number of nitrogens with zero attached hydrogens (tertiary/aromatic N) is 2. The highest BCUT2D eigenvalue weighted by atomic mass is 32.1. The van der Waals surface area contributed by atoms with Gasteiger partial charge in [0.15, 0.2) is 0 Å². The highest BCUT2D eigenvalue weighted by Gasteiger charge is 2.40. The molecule has 1 spiro atoms. The zero-order valence-corrected chi connectivity index (χ0v) is 17.9. The van der Waals surface area contributed by atoms with E-state index in [1.807, 2.05) is 25.4 Å². The fourth-order valence-electron chi connectivity index (χ4n) is 3.56. The van der Waals surface area contributed by atoms with Gasteiger partial charge >= 0.3 is 12.1 Å². The molecule has 1 unspecified atom stereocenters. The lowest BCUT2D eigenvalue weighted by Gasteiger charge is -2.45. The van der Waals surface area contributed by atoms with E-state index in [0.717, 1.165) is 51.9 Å². The molecule has 2 N–H and O–H groups in total. The second-order valence-electron chi connectivity index (χ2n) is 8.01. The lowest BCUT2D eigenvalue weighted by atomic mass is 9.73. The summed E-state index contributed by atoms with van der Waals surface area (Å²) < 4.78 is 37.7. The number of thiazole rings is 1. The summed E-state index contributed by atoms with van der Waals surface area (Å²) in [7, 11) is 0. The van der Waals surface area contributed by atoms with E-state index in [9.17, 15) is 18.0 Å². The van der Waals surface area contributed by atoms with Crippen LogP contribution in [0.5, 0.6) is 0 Å². The number of aliphatic carboxylic acids is 1. The Balaban J connectivity index is 0.000000396. The molecule has 0 radical (unpaired) electrons. The first-order chi connectivity index (χ1) is 14.0. The summed E-state index contributed by atoms with van der Waals surface area (Å²) in [4.78, 5) is 27.8. The molecule has 0 bridgehead atoms. The highest BCUT2D eigenvalue weighted by Crippen LogP contribution is 2.40. The van der Waals surface area contributed by atoms with E-state index < -0.39 is 12.1 Å². The molecule has 30 heavy (non-hydrogen) atoms. The van der Waals surface area contributed by atoms with Crippen molar-refractivity contribution < 1.29 is 32.6 Å². The minimum absolute atomic E-state index is 0.0519. The molecule has 0 aliphatic carbocycles. The van der Waals surface area contributed by atoms with Crippen LogP contribution in [0.3, 0.4) is 0 Å². The van der Waals surface area contributed by atoms with Crippen molar-refractivity contribution in [2.75, 3.05) is 19.7 Å². The molecular formula is C19H28F3N3O4S. The van der Waals surface area contributed by atoms with E-state index in [2.05, 4.69) is 15.2 Å². The van der Waals surface area contributed by atoms with Gasteiger partial charge in [-0.3, -0.25) is 9.69 Å². The summed E-state index contributed by atoms with van der Waals surface area (Å²) in [6.45, 7) is 7.88. The minimum Gasteiger partial charge on any atom is -0.475 e. The van der Waals surface area contributed by atoms with Crippen LogP contribution in [-0.4, -0.2) is 64.9 Å². The van der Waals surface area contributed by atoms with Gasteiger partial charge in [0.05, 0.1) is 13.2 Å². The Morgan fingerprint density at radius 3 is 2.43 bits per heavy atom. The molecule has 11 heteroatoms. The molecule has 3 heterocycles. The Morgan fingerprint density at radius 1 is 1.37 bits per heavy atom. The molecule has 2 fully saturated rings. The van der Waals surface area contributed by atoms with Crippen LogP contribution in [0, 0.1) is 5.41 Å². The Morgan fingerprint density at radius 2 is 2.00 bits per heavy atom. The van der Waals surface area contributed by atoms with Crippen LogP contribution < -0.4 is 5.32 Å². The molecule has 0 aromatic carbocycles. The van der Waals surface area contributed by atoms with Gasteiger partial charge in [-0.05, 0) is 58.0 Å². The van der Waals surface area contributed by atoms with Gasteiger partial charge in [0.2, 0.25) is 5.91 Å². The molecule has 1 amide bonds. The number of rotatable bonds is 4. The number of likely N-dealkylation sites (tertiary alicyclic amines) is 1. The number of piperidine rings is 1. The van der Waals surface area contributed by atoms with Crippen LogP contribution in [0.15, 0.2) is 11.6 Å². The third-order valence-electron chi connectivity index (χ3n) is 5.25. The van der Waals surface area contributed by atoms with Crippen LogP contribution >= 0.6 is 11.3 Å². The van der Waals surface area contributed by atoms with Crippen molar-refractivity contribution in [1.82, 2.24) is 15.2 Å². The van der Waals surface area contributed by atoms with Crippen molar-refractivity contribution in [3.63, 3.8) is 0 Å². The van der Waals surface area contributed by atoms with Crippen molar-refractivity contribution in [3.05, 3.63) is 16.6 Å². The molecule has 0 saturated carbocycles. The van der Waals surface area contributed by atoms with E-state index in [1.54, 1.807) is 11.3 Å².